The summed E-state index contributed by atoms with van der Waals surface area (Å²) in [6, 6.07) is 12.6. The van der Waals surface area contributed by atoms with E-state index in [1.54, 1.807) is 0 Å². The Labute approximate surface area is 188 Å². The van der Waals surface area contributed by atoms with Crippen molar-refractivity contribution in [3.8, 4) is 0 Å². The number of amides is 2. The van der Waals surface area contributed by atoms with Gasteiger partial charge >= 0.3 is 0 Å². The molecule has 2 aromatic rings. The number of aryl methyl sites for hydroxylation is 2. The van der Waals surface area contributed by atoms with E-state index in [-0.39, 0.29) is 23.6 Å². The molecule has 5 rings (SSSR count). The number of benzene rings is 2. The molecule has 5 heteroatoms. The van der Waals surface area contributed by atoms with Gasteiger partial charge in [0.05, 0.1) is 23.6 Å². The van der Waals surface area contributed by atoms with Gasteiger partial charge < -0.3 is 4.90 Å². The van der Waals surface area contributed by atoms with Crippen LogP contribution < -0.4 is 4.90 Å². The molecule has 164 valence electrons. The molecule has 2 saturated heterocycles. The summed E-state index contributed by atoms with van der Waals surface area (Å²) in [5.74, 6) is -1.79. The number of hydrogen-bond acceptors (Lipinski definition) is 4. The number of rotatable bonds is 2. The monoisotopic (exact) mass is 428 g/mol. The van der Waals surface area contributed by atoms with Crippen LogP contribution in [0.1, 0.15) is 49.1 Å². The summed E-state index contributed by atoms with van der Waals surface area (Å²) in [7, 11) is 0. The van der Waals surface area contributed by atoms with Crippen LogP contribution in [0.15, 0.2) is 48.7 Å². The molecule has 5 nitrogen and oxygen atoms in total. The number of carbonyl (C=O) groups is 3. The summed E-state index contributed by atoms with van der Waals surface area (Å²) in [5, 5.41) is 0. The molecule has 4 atom stereocenters. The molecule has 0 N–H and O–H groups in total. The SMILES string of the molecule is Cc1ccc(N2C(=O)[C@@H]3[C@H](C2=O)[C@@H]2c4ccccc4C=CN2[C@@H]3C(=O)C(C)(C)C)cc1C. The number of nitrogens with zero attached hydrogens (tertiary/aromatic N) is 2. The number of hydrogen-bond donors (Lipinski definition) is 0. The molecule has 3 heterocycles. The highest BCUT2D eigenvalue weighted by Crippen LogP contribution is 2.54. The quantitative estimate of drug-likeness (QED) is 0.664. The molecule has 3 aliphatic heterocycles. The summed E-state index contributed by atoms with van der Waals surface area (Å²) in [6.07, 6.45) is 3.88. The minimum absolute atomic E-state index is 0.0119. The molecule has 2 amide bonds. The fourth-order valence-electron chi connectivity index (χ4n) is 5.42. The zero-order valence-electron chi connectivity index (χ0n) is 19.1. The Kier molecular flexibility index (Phi) is 4.45. The normalized spacial score (nSPS) is 26.3. The Bertz CT molecular complexity index is 1190. The van der Waals surface area contributed by atoms with Crippen molar-refractivity contribution in [3.63, 3.8) is 0 Å². The molecular formula is C27H28N2O3. The van der Waals surface area contributed by atoms with E-state index >= 15 is 0 Å². The van der Waals surface area contributed by atoms with Crippen molar-refractivity contribution in [2.75, 3.05) is 4.90 Å². The molecule has 0 aliphatic carbocycles. The molecular weight excluding hydrogens is 400 g/mol. The van der Waals surface area contributed by atoms with Crippen LogP contribution in [0.3, 0.4) is 0 Å². The lowest BCUT2D eigenvalue weighted by Crippen LogP contribution is -2.47. The number of Topliss-reactive ketones (excluding diaryl/α,β-unsaturated/α-hetero) is 1. The van der Waals surface area contributed by atoms with Gasteiger partial charge in [0.15, 0.2) is 5.78 Å². The van der Waals surface area contributed by atoms with E-state index in [0.717, 1.165) is 22.3 Å². The Balaban J connectivity index is 1.67. The van der Waals surface area contributed by atoms with Crippen LogP contribution in [-0.2, 0) is 14.4 Å². The summed E-state index contributed by atoms with van der Waals surface area (Å²) in [4.78, 5) is 44.5. The van der Waals surface area contributed by atoms with Gasteiger partial charge in [-0.2, -0.15) is 0 Å². The molecule has 0 aromatic heterocycles. The molecule has 0 bridgehead atoms. The zero-order valence-corrected chi connectivity index (χ0v) is 19.1. The van der Waals surface area contributed by atoms with Gasteiger partial charge in [0, 0.05) is 11.6 Å². The smallest absolute Gasteiger partial charge is 0.240 e. The molecule has 2 fully saturated rings. The first-order chi connectivity index (χ1) is 15.1. The van der Waals surface area contributed by atoms with Crippen molar-refractivity contribution in [2.24, 2.45) is 17.3 Å². The maximum absolute atomic E-state index is 13.8. The first-order valence-electron chi connectivity index (χ1n) is 11.1. The Hall–Kier alpha value is -3.21. The van der Waals surface area contributed by atoms with Gasteiger partial charge in [-0.15, -0.1) is 0 Å². The lowest BCUT2D eigenvalue weighted by atomic mass is 9.79. The molecule has 0 saturated carbocycles. The molecule has 0 unspecified atom stereocenters. The van der Waals surface area contributed by atoms with Gasteiger partial charge in [-0.05, 0) is 54.3 Å². The first kappa shape index (κ1) is 20.7. The lowest BCUT2D eigenvalue weighted by molar-refractivity contribution is -0.135. The summed E-state index contributed by atoms with van der Waals surface area (Å²) in [6.45, 7) is 9.61. The predicted octanol–water partition coefficient (Wildman–Crippen LogP) is 4.43. The van der Waals surface area contributed by atoms with Gasteiger partial charge in [0.25, 0.3) is 0 Å². The number of anilines is 1. The lowest BCUT2D eigenvalue weighted by Gasteiger charge is -2.37. The predicted molar refractivity (Wildman–Crippen MR) is 124 cm³/mol. The van der Waals surface area contributed by atoms with E-state index in [9.17, 15) is 14.4 Å². The fraction of sp³-hybridized carbons (Fsp3) is 0.370. The average Bonchev–Trinajstić information content (AvgIpc) is 3.22. The van der Waals surface area contributed by atoms with E-state index in [1.807, 2.05) is 94.3 Å². The van der Waals surface area contributed by atoms with Crippen LogP contribution >= 0.6 is 0 Å². The van der Waals surface area contributed by atoms with Crippen molar-refractivity contribution in [1.29, 1.82) is 0 Å². The molecule has 3 aliphatic rings. The van der Waals surface area contributed by atoms with Crippen LogP contribution in [-0.4, -0.2) is 28.5 Å². The fourth-order valence-corrected chi connectivity index (χ4v) is 5.42. The van der Waals surface area contributed by atoms with Crippen LogP contribution in [0.4, 0.5) is 5.69 Å². The molecule has 0 radical (unpaired) electrons. The van der Waals surface area contributed by atoms with E-state index in [4.69, 9.17) is 0 Å². The van der Waals surface area contributed by atoms with Gasteiger partial charge in [-0.25, -0.2) is 4.90 Å². The van der Waals surface area contributed by atoms with E-state index in [0.29, 0.717) is 5.69 Å². The maximum Gasteiger partial charge on any atom is 0.240 e. The van der Waals surface area contributed by atoms with Crippen LogP contribution in [0.2, 0.25) is 0 Å². The Morgan fingerprint density at radius 2 is 1.59 bits per heavy atom. The average molecular weight is 429 g/mol. The molecule has 2 aromatic carbocycles. The van der Waals surface area contributed by atoms with Crippen LogP contribution in [0.5, 0.6) is 0 Å². The van der Waals surface area contributed by atoms with E-state index in [2.05, 4.69) is 0 Å². The van der Waals surface area contributed by atoms with Crippen molar-refractivity contribution in [3.05, 3.63) is 70.9 Å². The summed E-state index contributed by atoms with van der Waals surface area (Å²) in [5.41, 5.74) is 4.11. The maximum atomic E-state index is 13.8. The largest absolute Gasteiger partial charge is 0.359 e. The minimum Gasteiger partial charge on any atom is -0.359 e. The third kappa shape index (κ3) is 2.80. The standard InChI is InChI=1S/C27H28N2O3/c1-15-10-11-18(14-16(15)2)29-25(31)20-21(26(29)32)23(24(30)27(3,4)5)28-13-12-17-8-6-7-9-19(17)22(20)28/h6-14,20-23H,1-5H3/t20-,21+,22-,23-/m0/s1. The summed E-state index contributed by atoms with van der Waals surface area (Å²) >= 11 is 0. The Morgan fingerprint density at radius 1 is 0.906 bits per heavy atom. The van der Waals surface area contributed by atoms with E-state index < -0.39 is 23.3 Å². The first-order valence-corrected chi connectivity index (χ1v) is 11.1. The van der Waals surface area contributed by atoms with Gasteiger partial charge in [0.1, 0.15) is 6.04 Å². The highest BCUT2D eigenvalue weighted by atomic mass is 16.2. The van der Waals surface area contributed by atoms with Gasteiger partial charge in [-0.1, -0.05) is 51.1 Å². The number of fused-ring (bicyclic) bond motifs is 5. The third-order valence-electron chi connectivity index (χ3n) is 7.22. The van der Waals surface area contributed by atoms with Gasteiger partial charge in [-0.3, -0.25) is 14.4 Å². The summed E-state index contributed by atoms with van der Waals surface area (Å²) < 4.78 is 0. The third-order valence-corrected chi connectivity index (χ3v) is 7.22. The second kappa shape index (κ2) is 6.89. The topological polar surface area (TPSA) is 57.7 Å². The highest BCUT2D eigenvalue weighted by molar-refractivity contribution is 6.24. The highest BCUT2D eigenvalue weighted by Gasteiger charge is 2.65. The second-order valence-electron chi connectivity index (χ2n) is 10.2. The van der Waals surface area contributed by atoms with Gasteiger partial charge in [0.2, 0.25) is 11.8 Å². The minimum atomic E-state index is -0.698. The van der Waals surface area contributed by atoms with Crippen LogP contribution in [0.25, 0.3) is 6.08 Å². The number of imide groups is 1. The van der Waals surface area contributed by atoms with Crippen molar-refractivity contribution in [2.45, 2.75) is 46.7 Å². The van der Waals surface area contributed by atoms with Crippen molar-refractivity contribution in [1.82, 2.24) is 4.90 Å². The van der Waals surface area contributed by atoms with Crippen LogP contribution in [0, 0.1) is 31.1 Å². The second-order valence-corrected chi connectivity index (χ2v) is 10.2. The van der Waals surface area contributed by atoms with E-state index in [1.165, 1.54) is 4.90 Å². The Morgan fingerprint density at radius 3 is 2.28 bits per heavy atom. The number of ketones is 1. The molecule has 32 heavy (non-hydrogen) atoms. The number of carbonyl (C=O) groups excluding carboxylic acids is 3. The zero-order chi connectivity index (χ0) is 22.9. The van der Waals surface area contributed by atoms with Crippen molar-refractivity contribution < 1.29 is 14.4 Å². The van der Waals surface area contributed by atoms with Crippen molar-refractivity contribution >= 4 is 29.4 Å². The molecule has 0 spiro atoms.